The number of hydrogen-bond acceptors (Lipinski definition) is 10. The van der Waals surface area contributed by atoms with Gasteiger partial charge in [-0.15, -0.1) is 0 Å². The number of hydroxylamine groups is 2. The number of unbranched alkanes of at least 4 members (excludes halogenated alkanes) is 1. The fraction of sp³-hybridized carbons (Fsp3) is 0.469. The standard InChI is InChI=1S/C32H38N3O9P/c1-34-21-14-15-25(34)29(26(20-21)44-45(2,41)22-10-4-3-5-11-22)32(40)42-19-9-8-18-33-27(36)16-17-28(37)43-35-30(38)23-12-6-7-13-24(23)31(35)39/h3-7,10-13,21,25-26,29H,8-9,14-20H2,1-2H3,(H,33,36)/t21?,25?,26-,29+,45?/m0/s1. The number of amides is 3. The Morgan fingerprint density at radius 2 is 1.60 bits per heavy atom. The molecule has 1 N–H and O–H groups in total. The Labute approximate surface area is 261 Å². The Morgan fingerprint density at radius 3 is 2.29 bits per heavy atom. The molecule has 0 aromatic heterocycles. The summed E-state index contributed by atoms with van der Waals surface area (Å²) in [5, 5.41) is 3.73. The van der Waals surface area contributed by atoms with Crippen LogP contribution in [0.4, 0.5) is 0 Å². The molecule has 2 saturated heterocycles. The van der Waals surface area contributed by atoms with Crippen molar-refractivity contribution < 1.29 is 42.6 Å². The molecule has 5 atom stereocenters. The Kier molecular flexibility index (Phi) is 10.2. The minimum atomic E-state index is -3.15. The average molecular weight is 640 g/mol. The molecule has 2 aromatic rings. The zero-order valence-electron chi connectivity index (χ0n) is 25.4. The quantitative estimate of drug-likeness (QED) is 0.150. The molecule has 5 rings (SSSR count). The topological polar surface area (TPSA) is 149 Å². The Morgan fingerprint density at radius 1 is 0.933 bits per heavy atom. The van der Waals surface area contributed by atoms with E-state index in [9.17, 15) is 28.5 Å². The third-order valence-electron chi connectivity index (χ3n) is 8.69. The summed E-state index contributed by atoms with van der Waals surface area (Å²) in [4.78, 5) is 69.4. The molecule has 3 aliphatic heterocycles. The summed E-state index contributed by atoms with van der Waals surface area (Å²) >= 11 is 0. The van der Waals surface area contributed by atoms with Crippen molar-refractivity contribution in [3.05, 3.63) is 65.7 Å². The molecule has 240 valence electrons. The zero-order valence-corrected chi connectivity index (χ0v) is 26.3. The molecule has 13 heteroatoms. The second kappa shape index (κ2) is 14.1. The lowest BCUT2D eigenvalue weighted by Crippen LogP contribution is -2.53. The smallest absolute Gasteiger partial charge is 0.333 e. The summed E-state index contributed by atoms with van der Waals surface area (Å²) in [7, 11) is -1.14. The van der Waals surface area contributed by atoms with Crippen molar-refractivity contribution in [3.8, 4) is 0 Å². The molecule has 2 fully saturated rings. The monoisotopic (exact) mass is 639 g/mol. The number of ether oxygens (including phenoxy) is 1. The number of esters is 1. The fourth-order valence-corrected chi connectivity index (χ4v) is 7.85. The summed E-state index contributed by atoms with van der Waals surface area (Å²) < 4.78 is 25.4. The maximum Gasteiger partial charge on any atom is 0.333 e. The van der Waals surface area contributed by atoms with Crippen molar-refractivity contribution in [2.45, 2.75) is 63.1 Å². The van der Waals surface area contributed by atoms with Gasteiger partial charge in [-0.2, -0.15) is 0 Å². The second-order valence-corrected chi connectivity index (χ2v) is 14.1. The molecule has 2 bridgehead atoms. The highest BCUT2D eigenvalue weighted by Gasteiger charge is 2.51. The molecular weight excluding hydrogens is 601 g/mol. The minimum absolute atomic E-state index is 0.0416. The van der Waals surface area contributed by atoms with Gasteiger partial charge < -0.3 is 19.4 Å². The highest BCUT2D eigenvalue weighted by Crippen LogP contribution is 2.49. The summed E-state index contributed by atoms with van der Waals surface area (Å²) in [5.74, 6) is -3.64. The van der Waals surface area contributed by atoms with Crippen LogP contribution in [-0.2, 0) is 33.0 Å². The van der Waals surface area contributed by atoms with Crippen LogP contribution in [0.1, 0.15) is 65.7 Å². The van der Waals surface area contributed by atoms with Crippen LogP contribution in [0.2, 0.25) is 0 Å². The van der Waals surface area contributed by atoms with Gasteiger partial charge in [0.25, 0.3) is 11.8 Å². The molecular formula is C32H38N3O9P. The van der Waals surface area contributed by atoms with Gasteiger partial charge in [0.1, 0.15) is 0 Å². The van der Waals surface area contributed by atoms with Gasteiger partial charge in [-0.25, -0.2) is 4.79 Å². The first-order valence-electron chi connectivity index (χ1n) is 15.2. The van der Waals surface area contributed by atoms with E-state index >= 15 is 0 Å². The largest absolute Gasteiger partial charge is 0.465 e. The van der Waals surface area contributed by atoms with Crippen molar-refractivity contribution in [2.75, 3.05) is 26.9 Å². The molecule has 2 aromatic carbocycles. The number of nitrogens with one attached hydrogen (secondary N) is 1. The second-order valence-electron chi connectivity index (χ2n) is 11.7. The number of fused-ring (bicyclic) bond motifs is 3. The molecule has 3 unspecified atom stereocenters. The van der Waals surface area contributed by atoms with E-state index in [-0.39, 0.29) is 48.6 Å². The third kappa shape index (κ3) is 7.35. The Bertz CT molecular complexity index is 1460. The van der Waals surface area contributed by atoms with Gasteiger partial charge in [-0.05, 0) is 63.4 Å². The van der Waals surface area contributed by atoms with Crippen LogP contribution in [0.5, 0.6) is 0 Å². The van der Waals surface area contributed by atoms with Crippen LogP contribution in [0.15, 0.2) is 54.6 Å². The maximum absolute atomic E-state index is 13.5. The van der Waals surface area contributed by atoms with Crippen LogP contribution in [-0.4, -0.2) is 84.7 Å². The number of piperidine rings is 1. The van der Waals surface area contributed by atoms with Crippen molar-refractivity contribution in [1.82, 2.24) is 15.3 Å². The lowest BCUT2D eigenvalue weighted by molar-refractivity contribution is -0.169. The van der Waals surface area contributed by atoms with E-state index in [0.717, 1.165) is 12.8 Å². The summed E-state index contributed by atoms with van der Waals surface area (Å²) in [6.07, 6.45) is 2.44. The predicted octanol–water partition coefficient (Wildman–Crippen LogP) is 3.06. The predicted molar refractivity (Wildman–Crippen MR) is 163 cm³/mol. The zero-order chi connectivity index (χ0) is 32.1. The van der Waals surface area contributed by atoms with Crippen molar-refractivity contribution in [3.63, 3.8) is 0 Å². The van der Waals surface area contributed by atoms with Gasteiger partial charge in [0.15, 0.2) is 0 Å². The molecule has 3 heterocycles. The maximum atomic E-state index is 13.5. The third-order valence-corrected chi connectivity index (χ3v) is 10.6. The number of carbonyl (C=O) groups excluding carboxylic acids is 5. The molecule has 3 aliphatic rings. The van der Waals surface area contributed by atoms with Gasteiger partial charge in [-0.1, -0.05) is 35.4 Å². The Balaban J connectivity index is 1.01. The number of imide groups is 1. The Hall–Kier alpha value is -3.86. The van der Waals surface area contributed by atoms with Crippen LogP contribution in [0.3, 0.4) is 0 Å². The molecule has 0 spiro atoms. The minimum Gasteiger partial charge on any atom is -0.465 e. The molecule has 0 aliphatic carbocycles. The lowest BCUT2D eigenvalue weighted by Gasteiger charge is -2.42. The van der Waals surface area contributed by atoms with E-state index < -0.39 is 43.1 Å². The van der Waals surface area contributed by atoms with Crippen LogP contribution in [0, 0.1) is 5.92 Å². The lowest BCUT2D eigenvalue weighted by atomic mass is 9.88. The SMILES string of the molecule is CN1C2CCC1[C@@H](C(=O)OCCCCNC(=O)CCC(=O)ON1C(=O)c3ccccc3C1=O)[C@@H](OP(C)(=O)c1ccccc1)C2. The first kappa shape index (κ1) is 32.5. The van der Waals surface area contributed by atoms with E-state index in [1.165, 1.54) is 12.1 Å². The molecule has 0 radical (unpaired) electrons. The summed E-state index contributed by atoms with van der Waals surface area (Å²) in [6, 6.07) is 15.4. The van der Waals surface area contributed by atoms with Crippen molar-refractivity contribution >= 4 is 42.3 Å². The van der Waals surface area contributed by atoms with Gasteiger partial charge in [0.2, 0.25) is 13.3 Å². The van der Waals surface area contributed by atoms with Crippen molar-refractivity contribution in [1.29, 1.82) is 0 Å². The normalized spacial score (nSPS) is 23.7. The van der Waals surface area contributed by atoms with E-state index in [1.807, 2.05) is 25.2 Å². The van der Waals surface area contributed by atoms with Crippen molar-refractivity contribution in [2.24, 2.45) is 5.92 Å². The van der Waals surface area contributed by atoms with Gasteiger partial charge in [-0.3, -0.25) is 28.6 Å². The highest BCUT2D eigenvalue weighted by atomic mass is 31.2. The first-order chi connectivity index (χ1) is 21.6. The fourth-order valence-electron chi connectivity index (χ4n) is 6.28. The number of hydrogen-bond donors (Lipinski definition) is 1. The molecule has 12 nitrogen and oxygen atoms in total. The van der Waals surface area contributed by atoms with Gasteiger partial charge in [0, 0.05) is 37.0 Å². The average Bonchev–Trinajstić information content (AvgIpc) is 3.40. The molecule has 3 amide bonds. The number of nitrogens with zero attached hydrogens (tertiary/aromatic N) is 2. The van der Waals surface area contributed by atoms with Gasteiger partial charge >= 0.3 is 11.9 Å². The van der Waals surface area contributed by atoms with E-state index in [2.05, 4.69) is 10.2 Å². The van der Waals surface area contributed by atoms with Crippen LogP contribution >= 0.6 is 7.37 Å². The summed E-state index contributed by atoms with van der Waals surface area (Å²) in [5.41, 5.74) is 0.305. The van der Waals surface area contributed by atoms with E-state index in [1.54, 1.807) is 30.9 Å². The van der Waals surface area contributed by atoms with Gasteiger partial charge in [0.05, 0.1) is 36.2 Å². The number of carbonyl (C=O) groups is 5. The number of rotatable bonds is 13. The van der Waals surface area contributed by atoms with E-state index in [4.69, 9.17) is 14.1 Å². The number of benzene rings is 2. The van der Waals surface area contributed by atoms with E-state index in [0.29, 0.717) is 36.2 Å². The highest BCUT2D eigenvalue weighted by molar-refractivity contribution is 7.66. The first-order valence-corrected chi connectivity index (χ1v) is 17.3. The van der Waals surface area contributed by atoms with Crippen LogP contribution < -0.4 is 10.6 Å². The molecule has 0 saturated carbocycles. The summed E-state index contributed by atoms with van der Waals surface area (Å²) in [6.45, 7) is 2.06. The molecule has 45 heavy (non-hydrogen) atoms. The van der Waals surface area contributed by atoms with Crippen LogP contribution in [0.25, 0.3) is 0 Å².